The van der Waals surface area contributed by atoms with E-state index in [0.29, 0.717) is 36.8 Å². The average Bonchev–Trinajstić information content (AvgIpc) is 2.85. The van der Waals surface area contributed by atoms with Crippen molar-refractivity contribution >= 4 is 35.4 Å². The van der Waals surface area contributed by atoms with Gasteiger partial charge in [0, 0.05) is 6.61 Å². The van der Waals surface area contributed by atoms with Gasteiger partial charge in [0.1, 0.15) is 17.7 Å². The van der Waals surface area contributed by atoms with Gasteiger partial charge < -0.3 is 15.2 Å². The maximum absolute atomic E-state index is 11.9. The van der Waals surface area contributed by atoms with E-state index in [4.69, 9.17) is 9.84 Å². The number of cyclic esters (lactones) is 1. The lowest BCUT2D eigenvalue weighted by Crippen LogP contribution is -2.27. The van der Waals surface area contributed by atoms with Gasteiger partial charge in [-0.15, -0.1) is 11.8 Å². The zero-order chi connectivity index (χ0) is 14.8. The number of nitrogens with one attached hydrogen (secondary N) is 1. The second-order valence-corrected chi connectivity index (χ2v) is 5.85. The minimum atomic E-state index is -0.444. The first kappa shape index (κ1) is 14.2. The van der Waals surface area contributed by atoms with Gasteiger partial charge in [-0.25, -0.2) is 9.78 Å². The van der Waals surface area contributed by atoms with E-state index in [1.165, 1.54) is 16.7 Å². The standard InChI is InChI=1S/C13H15N3O4S/c17-5-1-2-8-6-16(13(19)20-8)10-4-3-9-12(14-10)15-11(18)7-21-9/h3-4,8,17H,1-2,5-7H2,(H,14,15,18)/t8-/m0/s1. The monoisotopic (exact) mass is 309 g/mol. The molecule has 0 unspecified atom stereocenters. The summed E-state index contributed by atoms with van der Waals surface area (Å²) >= 11 is 1.42. The molecule has 1 fully saturated rings. The highest BCUT2D eigenvalue weighted by Crippen LogP contribution is 2.32. The van der Waals surface area contributed by atoms with Gasteiger partial charge in [0.25, 0.3) is 0 Å². The number of ether oxygens (including phenoxy) is 1. The Bertz CT molecular complexity index is 581. The number of carbonyl (C=O) groups excluding carboxylic acids is 2. The molecule has 8 heteroatoms. The summed E-state index contributed by atoms with van der Waals surface area (Å²) in [6.07, 6.45) is 0.540. The molecule has 3 heterocycles. The molecule has 0 spiro atoms. The first-order valence-electron chi connectivity index (χ1n) is 6.70. The lowest BCUT2D eigenvalue weighted by atomic mass is 10.2. The molecule has 1 aromatic rings. The summed E-state index contributed by atoms with van der Waals surface area (Å²) in [5.41, 5.74) is 0. The van der Waals surface area contributed by atoms with Gasteiger partial charge in [-0.3, -0.25) is 9.69 Å². The van der Waals surface area contributed by atoms with Crippen LogP contribution < -0.4 is 10.2 Å². The number of hydrogen-bond acceptors (Lipinski definition) is 6. The predicted molar refractivity (Wildman–Crippen MR) is 77.5 cm³/mol. The fraction of sp³-hybridized carbons (Fsp3) is 0.462. The number of thioether (sulfide) groups is 1. The molecule has 2 amide bonds. The molecule has 2 N–H and O–H groups in total. The van der Waals surface area contributed by atoms with Crippen molar-refractivity contribution in [3.05, 3.63) is 12.1 Å². The fourth-order valence-corrected chi connectivity index (χ4v) is 3.04. The summed E-state index contributed by atoms with van der Waals surface area (Å²) < 4.78 is 5.24. The highest BCUT2D eigenvalue weighted by Gasteiger charge is 2.33. The Morgan fingerprint density at radius 1 is 1.48 bits per heavy atom. The van der Waals surface area contributed by atoms with Crippen molar-refractivity contribution in [1.29, 1.82) is 0 Å². The Kier molecular flexibility index (Phi) is 3.98. The molecule has 0 aliphatic carbocycles. The lowest BCUT2D eigenvalue weighted by Gasteiger charge is -2.18. The molecule has 0 radical (unpaired) electrons. The van der Waals surface area contributed by atoms with Gasteiger partial charge >= 0.3 is 6.09 Å². The minimum Gasteiger partial charge on any atom is -0.444 e. The van der Waals surface area contributed by atoms with Crippen molar-refractivity contribution in [2.24, 2.45) is 0 Å². The summed E-state index contributed by atoms with van der Waals surface area (Å²) in [6, 6.07) is 3.59. The van der Waals surface area contributed by atoms with Crippen LogP contribution in [0.4, 0.5) is 16.4 Å². The fourth-order valence-electron chi connectivity index (χ4n) is 2.28. The molecule has 112 valence electrons. The van der Waals surface area contributed by atoms with Crippen LogP contribution in [0.2, 0.25) is 0 Å². The summed E-state index contributed by atoms with van der Waals surface area (Å²) in [5, 5.41) is 11.5. The van der Waals surface area contributed by atoms with E-state index in [-0.39, 0.29) is 18.6 Å². The molecule has 0 aromatic carbocycles. The number of hydrogen-bond donors (Lipinski definition) is 2. The highest BCUT2D eigenvalue weighted by atomic mass is 32.2. The first-order chi connectivity index (χ1) is 10.2. The van der Waals surface area contributed by atoms with Crippen LogP contribution in [0.5, 0.6) is 0 Å². The van der Waals surface area contributed by atoms with Crippen molar-refractivity contribution in [3.63, 3.8) is 0 Å². The molecule has 1 atom stereocenters. The van der Waals surface area contributed by atoms with Crippen LogP contribution >= 0.6 is 11.8 Å². The molecule has 0 bridgehead atoms. The normalized spacial score (nSPS) is 21.0. The van der Waals surface area contributed by atoms with E-state index in [0.717, 1.165) is 4.90 Å². The molecular weight excluding hydrogens is 294 g/mol. The number of rotatable bonds is 4. The molecule has 0 saturated carbocycles. The summed E-state index contributed by atoms with van der Waals surface area (Å²) in [4.78, 5) is 30.0. The first-order valence-corrected chi connectivity index (χ1v) is 7.68. The molecule has 1 aromatic heterocycles. The smallest absolute Gasteiger partial charge is 0.415 e. The van der Waals surface area contributed by atoms with Gasteiger partial charge in [0.2, 0.25) is 5.91 Å². The van der Waals surface area contributed by atoms with Gasteiger partial charge in [0.15, 0.2) is 0 Å². The zero-order valence-electron chi connectivity index (χ0n) is 11.2. The summed E-state index contributed by atoms with van der Waals surface area (Å²) in [5.74, 6) is 1.23. The Morgan fingerprint density at radius 3 is 3.14 bits per heavy atom. The van der Waals surface area contributed by atoms with E-state index in [9.17, 15) is 9.59 Å². The van der Waals surface area contributed by atoms with E-state index in [1.807, 2.05) is 6.07 Å². The second kappa shape index (κ2) is 5.90. The minimum absolute atomic E-state index is 0.0778. The number of carbonyl (C=O) groups is 2. The number of aliphatic hydroxyl groups excluding tert-OH is 1. The zero-order valence-corrected chi connectivity index (χ0v) is 12.1. The third-order valence-corrected chi connectivity index (χ3v) is 4.34. The lowest BCUT2D eigenvalue weighted by molar-refractivity contribution is -0.113. The van der Waals surface area contributed by atoms with Crippen molar-refractivity contribution in [1.82, 2.24) is 4.98 Å². The van der Waals surface area contributed by atoms with E-state index in [1.54, 1.807) is 6.07 Å². The van der Waals surface area contributed by atoms with Crippen molar-refractivity contribution in [2.75, 3.05) is 29.1 Å². The molecule has 2 aliphatic heterocycles. The van der Waals surface area contributed by atoms with Gasteiger partial charge in [0.05, 0.1) is 17.2 Å². The Hall–Kier alpha value is -1.80. The van der Waals surface area contributed by atoms with Crippen LogP contribution in [-0.2, 0) is 9.53 Å². The van der Waals surface area contributed by atoms with Crippen LogP contribution in [0.3, 0.4) is 0 Å². The van der Waals surface area contributed by atoms with E-state index >= 15 is 0 Å². The molecule has 1 saturated heterocycles. The maximum Gasteiger partial charge on any atom is 0.415 e. The number of anilines is 2. The third-order valence-electron chi connectivity index (χ3n) is 3.29. The summed E-state index contributed by atoms with van der Waals surface area (Å²) in [7, 11) is 0. The van der Waals surface area contributed by atoms with Crippen LogP contribution in [-0.4, -0.2) is 47.1 Å². The van der Waals surface area contributed by atoms with Crippen LogP contribution in [0.25, 0.3) is 0 Å². The Morgan fingerprint density at radius 2 is 2.33 bits per heavy atom. The number of aromatic nitrogens is 1. The van der Waals surface area contributed by atoms with Crippen LogP contribution in [0.15, 0.2) is 17.0 Å². The van der Waals surface area contributed by atoms with Gasteiger partial charge in [-0.1, -0.05) is 0 Å². The van der Waals surface area contributed by atoms with Crippen molar-refractivity contribution in [3.8, 4) is 0 Å². The van der Waals surface area contributed by atoms with Crippen LogP contribution in [0.1, 0.15) is 12.8 Å². The van der Waals surface area contributed by atoms with E-state index < -0.39 is 6.09 Å². The largest absolute Gasteiger partial charge is 0.444 e. The Balaban J connectivity index is 1.76. The van der Waals surface area contributed by atoms with E-state index in [2.05, 4.69) is 10.3 Å². The van der Waals surface area contributed by atoms with Gasteiger partial charge in [-0.2, -0.15) is 0 Å². The number of pyridine rings is 1. The third kappa shape index (κ3) is 2.96. The number of nitrogens with zero attached hydrogens (tertiary/aromatic N) is 2. The number of aliphatic hydroxyl groups is 1. The van der Waals surface area contributed by atoms with Crippen molar-refractivity contribution in [2.45, 2.75) is 23.8 Å². The topological polar surface area (TPSA) is 91.8 Å². The quantitative estimate of drug-likeness (QED) is 0.869. The molecule has 7 nitrogen and oxygen atoms in total. The molecule has 3 rings (SSSR count). The molecule has 2 aliphatic rings. The van der Waals surface area contributed by atoms with Crippen molar-refractivity contribution < 1.29 is 19.4 Å². The average molecular weight is 309 g/mol. The predicted octanol–water partition coefficient (Wildman–Crippen LogP) is 1.22. The highest BCUT2D eigenvalue weighted by molar-refractivity contribution is 8.00. The number of fused-ring (bicyclic) bond motifs is 1. The second-order valence-electron chi connectivity index (χ2n) is 4.84. The maximum atomic E-state index is 11.9. The van der Waals surface area contributed by atoms with Crippen LogP contribution in [0, 0.1) is 0 Å². The summed E-state index contributed by atoms with van der Waals surface area (Å²) in [6.45, 7) is 0.486. The SMILES string of the molecule is O=C1CSc2ccc(N3C[C@H](CCCO)OC3=O)nc2N1. The van der Waals surface area contributed by atoms with Gasteiger partial charge in [-0.05, 0) is 25.0 Å². The Labute approximate surface area is 125 Å². The molecule has 21 heavy (non-hydrogen) atoms. The molecular formula is C13H15N3O4S. The number of amides is 2.